The SMILES string of the molecule is CCC.CCC(CC)CN. The molecule has 1 heteroatoms. The summed E-state index contributed by atoms with van der Waals surface area (Å²) in [5.74, 6) is 0.764. The summed E-state index contributed by atoms with van der Waals surface area (Å²) >= 11 is 0. The third-order valence-electron chi connectivity index (χ3n) is 1.49. The molecule has 0 spiro atoms. The van der Waals surface area contributed by atoms with Gasteiger partial charge in [0.25, 0.3) is 0 Å². The summed E-state index contributed by atoms with van der Waals surface area (Å²) in [5.41, 5.74) is 5.39. The maximum absolute atomic E-state index is 5.39. The second-order valence-electron chi connectivity index (χ2n) is 2.63. The van der Waals surface area contributed by atoms with Gasteiger partial charge in [0.05, 0.1) is 0 Å². The van der Waals surface area contributed by atoms with Gasteiger partial charge in [-0.25, -0.2) is 0 Å². The third-order valence-corrected chi connectivity index (χ3v) is 1.49. The van der Waals surface area contributed by atoms with E-state index in [9.17, 15) is 0 Å². The Bertz CT molecular complexity index is 34.5. The van der Waals surface area contributed by atoms with E-state index in [-0.39, 0.29) is 0 Å². The highest BCUT2D eigenvalue weighted by Crippen LogP contribution is 2.02. The summed E-state index contributed by atoms with van der Waals surface area (Å²) in [7, 11) is 0. The summed E-state index contributed by atoms with van der Waals surface area (Å²) in [4.78, 5) is 0. The lowest BCUT2D eigenvalue weighted by molar-refractivity contribution is 0.505. The summed E-state index contributed by atoms with van der Waals surface area (Å²) < 4.78 is 0. The van der Waals surface area contributed by atoms with Gasteiger partial charge in [0.1, 0.15) is 0 Å². The lowest BCUT2D eigenvalue weighted by atomic mass is 10.0. The Kier molecular flexibility index (Phi) is 14.8. The molecule has 64 valence electrons. The minimum Gasteiger partial charge on any atom is -0.330 e. The average Bonchev–Trinajstić information content (AvgIpc) is 1.93. The van der Waals surface area contributed by atoms with Gasteiger partial charge in [-0.3, -0.25) is 0 Å². The highest BCUT2D eigenvalue weighted by molar-refractivity contribution is 4.52. The zero-order valence-electron chi connectivity index (χ0n) is 7.98. The molecule has 0 aromatic heterocycles. The van der Waals surface area contributed by atoms with Gasteiger partial charge in [0.2, 0.25) is 0 Å². The monoisotopic (exact) mass is 145 g/mol. The summed E-state index contributed by atoms with van der Waals surface area (Å²) in [6.07, 6.45) is 3.71. The molecular formula is C9H23N. The molecular weight excluding hydrogens is 122 g/mol. The van der Waals surface area contributed by atoms with Gasteiger partial charge in [0, 0.05) is 0 Å². The first-order valence-corrected chi connectivity index (χ1v) is 4.46. The van der Waals surface area contributed by atoms with E-state index in [4.69, 9.17) is 5.73 Å². The molecule has 0 aliphatic carbocycles. The van der Waals surface area contributed by atoms with Gasteiger partial charge in [-0.1, -0.05) is 47.0 Å². The molecule has 0 fully saturated rings. The summed E-state index contributed by atoms with van der Waals surface area (Å²) in [6, 6.07) is 0. The molecule has 0 aromatic carbocycles. The molecule has 0 rings (SSSR count). The van der Waals surface area contributed by atoms with Crippen LogP contribution < -0.4 is 5.73 Å². The van der Waals surface area contributed by atoms with Crippen molar-refractivity contribution in [1.82, 2.24) is 0 Å². The van der Waals surface area contributed by atoms with Crippen molar-refractivity contribution in [2.45, 2.75) is 47.0 Å². The van der Waals surface area contributed by atoms with Crippen molar-refractivity contribution in [3.63, 3.8) is 0 Å². The van der Waals surface area contributed by atoms with Crippen LogP contribution in [0.2, 0.25) is 0 Å². The van der Waals surface area contributed by atoms with E-state index in [0.29, 0.717) is 0 Å². The molecule has 0 radical (unpaired) electrons. The number of hydrogen-bond acceptors (Lipinski definition) is 1. The Hall–Kier alpha value is -0.0400. The van der Waals surface area contributed by atoms with Gasteiger partial charge in [-0.2, -0.15) is 0 Å². The minimum atomic E-state index is 0.764. The summed E-state index contributed by atoms with van der Waals surface area (Å²) in [5, 5.41) is 0. The maximum Gasteiger partial charge on any atom is -0.00491 e. The molecule has 0 unspecified atom stereocenters. The highest BCUT2D eigenvalue weighted by atomic mass is 14.5. The molecule has 0 aromatic rings. The van der Waals surface area contributed by atoms with Gasteiger partial charge >= 0.3 is 0 Å². The Balaban J connectivity index is 0. The van der Waals surface area contributed by atoms with Crippen molar-refractivity contribution in [3.8, 4) is 0 Å². The van der Waals surface area contributed by atoms with Gasteiger partial charge in [-0.15, -0.1) is 0 Å². The molecule has 0 amide bonds. The standard InChI is InChI=1S/C6H15N.C3H8/c1-3-6(4-2)5-7;1-3-2/h6H,3-5,7H2,1-2H3;3H2,1-2H3. The van der Waals surface area contributed by atoms with Crippen LogP contribution >= 0.6 is 0 Å². The molecule has 10 heavy (non-hydrogen) atoms. The maximum atomic E-state index is 5.39. The van der Waals surface area contributed by atoms with E-state index in [1.54, 1.807) is 0 Å². The third kappa shape index (κ3) is 10.9. The lowest BCUT2D eigenvalue weighted by Crippen LogP contribution is -2.11. The van der Waals surface area contributed by atoms with E-state index in [0.717, 1.165) is 12.5 Å². The lowest BCUT2D eigenvalue weighted by Gasteiger charge is -2.05. The zero-order chi connectivity index (χ0) is 8.41. The predicted octanol–water partition coefficient (Wildman–Crippen LogP) is 2.80. The molecule has 0 atom stereocenters. The van der Waals surface area contributed by atoms with Crippen LogP contribution in [0.4, 0.5) is 0 Å². The average molecular weight is 145 g/mol. The van der Waals surface area contributed by atoms with Crippen LogP contribution in [0.15, 0.2) is 0 Å². The molecule has 0 aliphatic heterocycles. The Labute approximate surface area is 66.0 Å². The normalized spacial score (nSPS) is 9.00. The molecule has 0 bridgehead atoms. The van der Waals surface area contributed by atoms with Crippen LogP contribution in [-0.2, 0) is 0 Å². The van der Waals surface area contributed by atoms with Crippen molar-refractivity contribution < 1.29 is 0 Å². The first kappa shape index (κ1) is 12.6. The first-order chi connectivity index (χ1) is 4.76. The Morgan fingerprint density at radius 2 is 1.30 bits per heavy atom. The molecule has 0 saturated carbocycles. The second-order valence-corrected chi connectivity index (χ2v) is 2.63. The molecule has 1 nitrogen and oxygen atoms in total. The topological polar surface area (TPSA) is 26.0 Å². The van der Waals surface area contributed by atoms with Gasteiger partial charge in [-0.05, 0) is 12.5 Å². The quantitative estimate of drug-likeness (QED) is 0.649. The van der Waals surface area contributed by atoms with Crippen molar-refractivity contribution >= 4 is 0 Å². The molecule has 0 saturated heterocycles. The minimum absolute atomic E-state index is 0.764. The fraction of sp³-hybridized carbons (Fsp3) is 1.00. The van der Waals surface area contributed by atoms with Gasteiger partial charge < -0.3 is 5.73 Å². The van der Waals surface area contributed by atoms with E-state index in [1.807, 2.05) is 0 Å². The van der Waals surface area contributed by atoms with E-state index in [1.165, 1.54) is 19.3 Å². The van der Waals surface area contributed by atoms with Crippen molar-refractivity contribution in [2.75, 3.05) is 6.54 Å². The van der Waals surface area contributed by atoms with Crippen molar-refractivity contribution in [2.24, 2.45) is 11.7 Å². The zero-order valence-corrected chi connectivity index (χ0v) is 7.98. The fourth-order valence-electron chi connectivity index (χ4n) is 0.622. The Morgan fingerprint density at radius 1 is 1.00 bits per heavy atom. The second kappa shape index (κ2) is 11.7. The molecule has 2 N–H and O–H groups in total. The molecule has 0 aliphatic rings. The van der Waals surface area contributed by atoms with E-state index < -0.39 is 0 Å². The van der Waals surface area contributed by atoms with Crippen LogP contribution in [0, 0.1) is 5.92 Å². The smallest absolute Gasteiger partial charge is 0.00491 e. The first-order valence-electron chi connectivity index (χ1n) is 4.46. The van der Waals surface area contributed by atoms with Crippen LogP contribution in [0.1, 0.15) is 47.0 Å². The molecule has 0 heterocycles. The number of hydrogen-bond donors (Lipinski definition) is 1. The Morgan fingerprint density at radius 3 is 1.30 bits per heavy atom. The van der Waals surface area contributed by atoms with E-state index in [2.05, 4.69) is 27.7 Å². The highest BCUT2D eigenvalue weighted by Gasteiger charge is 1.96. The van der Waals surface area contributed by atoms with Crippen molar-refractivity contribution in [1.29, 1.82) is 0 Å². The van der Waals surface area contributed by atoms with Crippen LogP contribution in [0.5, 0.6) is 0 Å². The fourth-order valence-corrected chi connectivity index (χ4v) is 0.622. The largest absolute Gasteiger partial charge is 0.330 e. The predicted molar refractivity (Wildman–Crippen MR) is 49.1 cm³/mol. The van der Waals surface area contributed by atoms with Gasteiger partial charge in [0.15, 0.2) is 0 Å². The van der Waals surface area contributed by atoms with Crippen LogP contribution in [0.25, 0.3) is 0 Å². The van der Waals surface area contributed by atoms with E-state index >= 15 is 0 Å². The number of nitrogens with two attached hydrogens (primary N) is 1. The van der Waals surface area contributed by atoms with Crippen LogP contribution in [0.3, 0.4) is 0 Å². The van der Waals surface area contributed by atoms with Crippen LogP contribution in [-0.4, -0.2) is 6.54 Å². The number of rotatable bonds is 3. The summed E-state index contributed by atoms with van der Waals surface area (Å²) in [6.45, 7) is 9.47. The van der Waals surface area contributed by atoms with Crippen molar-refractivity contribution in [3.05, 3.63) is 0 Å².